The van der Waals surface area contributed by atoms with E-state index < -0.39 is 0 Å². The summed E-state index contributed by atoms with van der Waals surface area (Å²) in [5.41, 5.74) is 0.584. The summed E-state index contributed by atoms with van der Waals surface area (Å²) >= 11 is 3.30. The molecule has 0 bridgehead atoms. The van der Waals surface area contributed by atoms with E-state index in [2.05, 4.69) is 20.9 Å². The fourth-order valence-corrected chi connectivity index (χ4v) is 1.58. The molecule has 1 heterocycles. The molecule has 2 aromatic rings. The zero-order valence-electron chi connectivity index (χ0n) is 8.26. The van der Waals surface area contributed by atoms with E-state index in [0.717, 1.165) is 10.8 Å². The van der Waals surface area contributed by atoms with E-state index in [0.29, 0.717) is 17.1 Å². The summed E-state index contributed by atoms with van der Waals surface area (Å²) in [6.45, 7) is 0. The van der Waals surface area contributed by atoms with Gasteiger partial charge < -0.3 is 4.74 Å². The smallest absolute Gasteiger partial charge is 0.150 e. The Morgan fingerprint density at radius 1 is 1.19 bits per heavy atom. The van der Waals surface area contributed by atoms with Crippen molar-refractivity contribution in [2.45, 2.75) is 0 Å². The zero-order valence-corrected chi connectivity index (χ0v) is 9.85. The summed E-state index contributed by atoms with van der Waals surface area (Å²) in [7, 11) is 0. The third-order valence-corrected chi connectivity index (χ3v) is 2.34. The van der Waals surface area contributed by atoms with Crippen molar-refractivity contribution in [3.8, 4) is 11.5 Å². The average molecular weight is 278 g/mol. The number of carbonyl (C=O) groups excluding carboxylic acids is 1. The van der Waals surface area contributed by atoms with E-state index in [4.69, 9.17) is 4.74 Å². The zero-order chi connectivity index (χ0) is 11.4. The van der Waals surface area contributed by atoms with Crippen LogP contribution in [-0.4, -0.2) is 11.3 Å². The number of pyridine rings is 1. The second-order valence-electron chi connectivity index (χ2n) is 3.13. The molecule has 0 saturated carbocycles. The van der Waals surface area contributed by atoms with Crippen LogP contribution in [0.2, 0.25) is 0 Å². The van der Waals surface area contributed by atoms with Gasteiger partial charge in [0.05, 0.1) is 6.20 Å². The summed E-state index contributed by atoms with van der Waals surface area (Å²) in [4.78, 5) is 14.6. The molecule has 80 valence electrons. The lowest BCUT2D eigenvalue weighted by atomic mass is 10.2. The van der Waals surface area contributed by atoms with Crippen molar-refractivity contribution in [2.24, 2.45) is 0 Å². The maximum absolute atomic E-state index is 10.6. The topological polar surface area (TPSA) is 39.2 Å². The fraction of sp³-hybridized carbons (Fsp3) is 0. The van der Waals surface area contributed by atoms with Gasteiger partial charge in [0.15, 0.2) is 0 Å². The number of rotatable bonds is 3. The van der Waals surface area contributed by atoms with E-state index >= 15 is 0 Å². The first-order chi connectivity index (χ1) is 7.78. The monoisotopic (exact) mass is 277 g/mol. The van der Waals surface area contributed by atoms with Crippen LogP contribution >= 0.6 is 15.9 Å². The van der Waals surface area contributed by atoms with Crippen LogP contribution in [0.3, 0.4) is 0 Å². The first kappa shape index (κ1) is 10.8. The predicted octanol–water partition coefficient (Wildman–Crippen LogP) is 3.45. The Kier molecular flexibility index (Phi) is 3.31. The normalized spacial score (nSPS) is 9.81. The lowest BCUT2D eigenvalue weighted by Crippen LogP contribution is -1.87. The Hall–Kier alpha value is -1.68. The lowest BCUT2D eigenvalue weighted by Gasteiger charge is -2.05. The van der Waals surface area contributed by atoms with Crippen molar-refractivity contribution in [3.05, 3.63) is 52.8 Å². The number of nitrogens with zero attached hydrogens (tertiary/aromatic N) is 1. The molecular formula is C12H8BrNO2. The number of carbonyl (C=O) groups is 1. The van der Waals surface area contributed by atoms with Crippen LogP contribution in [0.25, 0.3) is 0 Å². The molecule has 0 aliphatic heterocycles. The van der Waals surface area contributed by atoms with E-state index in [1.807, 2.05) is 0 Å². The van der Waals surface area contributed by atoms with Crippen LogP contribution in [0.15, 0.2) is 47.2 Å². The highest BCUT2D eigenvalue weighted by atomic mass is 79.9. The number of aromatic nitrogens is 1. The van der Waals surface area contributed by atoms with Crippen molar-refractivity contribution in [1.82, 2.24) is 4.98 Å². The van der Waals surface area contributed by atoms with E-state index in [9.17, 15) is 4.79 Å². The van der Waals surface area contributed by atoms with Crippen LogP contribution in [0.5, 0.6) is 11.5 Å². The van der Waals surface area contributed by atoms with Crippen LogP contribution < -0.4 is 4.74 Å². The molecule has 16 heavy (non-hydrogen) atoms. The molecule has 0 N–H and O–H groups in total. The molecule has 0 unspecified atom stereocenters. The highest BCUT2D eigenvalue weighted by molar-refractivity contribution is 9.10. The highest BCUT2D eigenvalue weighted by Gasteiger charge is 1.99. The molecule has 4 heteroatoms. The van der Waals surface area contributed by atoms with Crippen molar-refractivity contribution < 1.29 is 9.53 Å². The van der Waals surface area contributed by atoms with Gasteiger partial charge in [-0.3, -0.25) is 9.78 Å². The average Bonchev–Trinajstić information content (AvgIpc) is 2.29. The van der Waals surface area contributed by atoms with Crippen molar-refractivity contribution in [2.75, 3.05) is 0 Å². The standard InChI is InChI=1S/C12H8BrNO2/c13-10-5-12(7-14-6-10)16-11-3-1-2-9(4-11)8-15/h1-8H. The number of benzene rings is 1. The SMILES string of the molecule is O=Cc1cccc(Oc2cncc(Br)c2)c1. The molecule has 1 aromatic carbocycles. The largest absolute Gasteiger partial charge is 0.456 e. The Labute approximate surface area is 101 Å². The molecule has 0 amide bonds. The van der Waals surface area contributed by atoms with Crippen LogP contribution in [-0.2, 0) is 0 Å². The predicted molar refractivity (Wildman–Crippen MR) is 63.8 cm³/mol. The molecule has 2 rings (SSSR count). The maximum atomic E-state index is 10.6. The van der Waals surface area contributed by atoms with Gasteiger partial charge in [0.1, 0.15) is 17.8 Å². The van der Waals surface area contributed by atoms with Crippen LogP contribution in [0.1, 0.15) is 10.4 Å². The third-order valence-electron chi connectivity index (χ3n) is 1.91. The summed E-state index contributed by atoms with van der Waals surface area (Å²) in [6, 6.07) is 8.76. The van der Waals surface area contributed by atoms with Gasteiger partial charge in [-0.1, -0.05) is 12.1 Å². The Bertz CT molecular complexity index is 514. The number of hydrogen-bond acceptors (Lipinski definition) is 3. The minimum absolute atomic E-state index is 0.584. The quantitative estimate of drug-likeness (QED) is 0.807. The van der Waals surface area contributed by atoms with E-state index in [1.165, 1.54) is 0 Å². The molecule has 0 atom stereocenters. The first-order valence-electron chi connectivity index (χ1n) is 4.61. The molecular weight excluding hydrogens is 270 g/mol. The van der Waals surface area contributed by atoms with Crippen molar-refractivity contribution in [1.29, 1.82) is 0 Å². The van der Waals surface area contributed by atoms with Gasteiger partial charge in [0.25, 0.3) is 0 Å². The second kappa shape index (κ2) is 4.90. The molecule has 0 aliphatic carbocycles. The Balaban J connectivity index is 2.23. The van der Waals surface area contributed by atoms with E-state index in [1.54, 1.807) is 42.7 Å². The van der Waals surface area contributed by atoms with Gasteiger partial charge in [-0.15, -0.1) is 0 Å². The molecule has 0 saturated heterocycles. The van der Waals surface area contributed by atoms with Crippen LogP contribution in [0.4, 0.5) is 0 Å². The van der Waals surface area contributed by atoms with Gasteiger partial charge in [0.2, 0.25) is 0 Å². The van der Waals surface area contributed by atoms with E-state index in [-0.39, 0.29) is 0 Å². The van der Waals surface area contributed by atoms with Crippen molar-refractivity contribution in [3.63, 3.8) is 0 Å². The van der Waals surface area contributed by atoms with Gasteiger partial charge in [0, 0.05) is 16.2 Å². The minimum Gasteiger partial charge on any atom is -0.456 e. The summed E-state index contributed by atoms with van der Waals surface area (Å²) in [5.74, 6) is 1.24. The molecule has 0 aliphatic rings. The van der Waals surface area contributed by atoms with Gasteiger partial charge >= 0.3 is 0 Å². The molecule has 1 aromatic heterocycles. The second-order valence-corrected chi connectivity index (χ2v) is 4.05. The number of hydrogen-bond donors (Lipinski definition) is 0. The molecule has 0 fully saturated rings. The fourth-order valence-electron chi connectivity index (χ4n) is 1.24. The van der Waals surface area contributed by atoms with Gasteiger partial charge in [-0.05, 0) is 34.1 Å². The summed E-state index contributed by atoms with van der Waals surface area (Å²) in [6.07, 6.45) is 4.07. The molecule has 3 nitrogen and oxygen atoms in total. The highest BCUT2D eigenvalue weighted by Crippen LogP contribution is 2.23. The summed E-state index contributed by atoms with van der Waals surface area (Å²) < 4.78 is 6.39. The maximum Gasteiger partial charge on any atom is 0.150 e. The summed E-state index contributed by atoms with van der Waals surface area (Å²) in [5, 5.41) is 0. The number of ether oxygens (including phenoxy) is 1. The molecule has 0 spiro atoms. The van der Waals surface area contributed by atoms with Gasteiger partial charge in [-0.25, -0.2) is 0 Å². The number of halogens is 1. The molecule has 0 radical (unpaired) electrons. The number of aldehydes is 1. The first-order valence-corrected chi connectivity index (χ1v) is 5.41. The van der Waals surface area contributed by atoms with Gasteiger partial charge in [-0.2, -0.15) is 0 Å². The van der Waals surface area contributed by atoms with Crippen molar-refractivity contribution >= 4 is 22.2 Å². The lowest BCUT2D eigenvalue weighted by molar-refractivity contribution is 0.112. The third kappa shape index (κ3) is 2.67. The Morgan fingerprint density at radius 3 is 2.81 bits per heavy atom. The Morgan fingerprint density at radius 2 is 2.06 bits per heavy atom. The van der Waals surface area contributed by atoms with Crippen LogP contribution in [0, 0.1) is 0 Å². The minimum atomic E-state index is 0.584.